The van der Waals surface area contributed by atoms with Crippen molar-refractivity contribution in [1.29, 1.82) is 0 Å². The molecule has 1 aromatic carbocycles. The van der Waals surface area contributed by atoms with Gasteiger partial charge in [-0.15, -0.1) is 0 Å². The van der Waals surface area contributed by atoms with Crippen molar-refractivity contribution in [3.63, 3.8) is 0 Å². The van der Waals surface area contributed by atoms with E-state index in [-0.39, 0.29) is 11.8 Å². The molecular formula is C20H24BrN3O3. The Bertz CT molecular complexity index is 765. The molecule has 1 heterocycles. The molecule has 7 heteroatoms. The number of anilines is 1. The number of pyridine rings is 1. The Kier molecular flexibility index (Phi) is 8.26. The van der Waals surface area contributed by atoms with Crippen molar-refractivity contribution >= 4 is 33.6 Å². The normalized spacial score (nSPS) is 10.3. The molecule has 0 bridgehead atoms. The molecule has 0 radical (unpaired) electrons. The van der Waals surface area contributed by atoms with Gasteiger partial charge in [0.25, 0.3) is 5.91 Å². The molecule has 0 saturated carbocycles. The molecule has 6 nitrogen and oxygen atoms in total. The van der Waals surface area contributed by atoms with Crippen LogP contribution in [0.3, 0.4) is 0 Å². The van der Waals surface area contributed by atoms with Gasteiger partial charge in [-0.25, -0.2) is 4.98 Å². The highest BCUT2D eigenvalue weighted by Gasteiger charge is 2.15. The third kappa shape index (κ3) is 6.06. The molecule has 0 aliphatic rings. The maximum Gasteiger partial charge on any atom is 0.255 e. The predicted molar refractivity (Wildman–Crippen MR) is 109 cm³/mol. The summed E-state index contributed by atoms with van der Waals surface area (Å²) in [6.07, 6.45) is 2.55. The van der Waals surface area contributed by atoms with Crippen molar-refractivity contribution in [2.24, 2.45) is 0 Å². The number of hydrogen-bond acceptors (Lipinski definition) is 4. The fourth-order valence-electron chi connectivity index (χ4n) is 2.60. The number of benzene rings is 1. The Morgan fingerprint density at radius 1 is 1.19 bits per heavy atom. The third-order valence-electron chi connectivity index (χ3n) is 3.89. The van der Waals surface area contributed by atoms with E-state index in [2.05, 4.69) is 26.2 Å². The lowest BCUT2D eigenvalue weighted by molar-refractivity contribution is -0.118. The van der Waals surface area contributed by atoms with Crippen molar-refractivity contribution in [2.75, 3.05) is 24.6 Å². The number of amides is 2. The van der Waals surface area contributed by atoms with Crippen LogP contribution < -0.4 is 15.0 Å². The van der Waals surface area contributed by atoms with E-state index in [1.54, 1.807) is 35.4 Å². The summed E-state index contributed by atoms with van der Waals surface area (Å²) in [4.78, 5) is 30.7. The van der Waals surface area contributed by atoms with Gasteiger partial charge in [0, 0.05) is 30.2 Å². The van der Waals surface area contributed by atoms with E-state index in [9.17, 15) is 9.59 Å². The van der Waals surface area contributed by atoms with E-state index in [0.717, 1.165) is 4.47 Å². The predicted octanol–water partition coefficient (Wildman–Crippen LogP) is 3.81. The minimum absolute atomic E-state index is 0.0173. The van der Waals surface area contributed by atoms with Crippen LogP contribution in [0, 0.1) is 0 Å². The zero-order valence-electron chi connectivity index (χ0n) is 15.6. The minimum Gasteiger partial charge on any atom is -0.493 e. The van der Waals surface area contributed by atoms with Crippen LogP contribution in [0.15, 0.2) is 47.1 Å². The average Bonchev–Trinajstić information content (AvgIpc) is 2.68. The second-order valence-electron chi connectivity index (χ2n) is 5.76. The molecule has 2 rings (SSSR count). The Hall–Kier alpha value is -2.41. The quantitative estimate of drug-likeness (QED) is 0.610. The van der Waals surface area contributed by atoms with Crippen LogP contribution in [0.2, 0.25) is 0 Å². The molecule has 0 unspecified atom stereocenters. The van der Waals surface area contributed by atoms with Gasteiger partial charge >= 0.3 is 0 Å². The zero-order chi connectivity index (χ0) is 19.6. The lowest BCUT2D eigenvalue weighted by Gasteiger charge is -2.20. The maximum absolute atomic E-state index is 12.5. The number of aromatic nitrogens is 1. The lowest BCUT2D eigenvalue weighted by atomic mass is 10.2. The average molecular weight is 434 g/mol. The van der Waals surface area contributed by atoms with E-state index in [4.69, 9.17) is 4.74 Å². The van der Waals surface area contributed by atoms with Crippen LogP contribution in [0.25, 0.3) is 0 Å². The summed E-state index contributed by atoms with van der Waals surface area (Å²) >= 11 is 3.34. The summed E-state index contributed by atoms with van der Waals surface area (Å²) in [6.45, 7) is 5.24. The van der Waals surface area contributed by atoms with Gasteiger partial charge in [-0.1, -0.05) is 12.1 Å². The van der Waals surface area contributed by atoms with Gasteiger partial charge < -0.3 is 10.1 Å². The number of rotatable bonds is 9. The maximum atomic E-state index is 12.5. The van der Waals surface area contributed by atoms with Crippen LogP contribution >= 0.6 is 15.9 Å². The first kappa shape index (κ1) is 20.9. The van der Waals surface area contributed by atoms with Crippen molar-refractivity contribution in [2.45, 2.75) is 26.7 Å². The second-order valence-corrected chi connectivity index (χ2v) is 6.68. The van der Waals surface area contributed by atoms with Gasteiger partial charge in [0.2, 0.25) is 5.91 Å². The van der Waals surface area contributed by atoms with Crippen molar-refractivity contribution in [3.8, 4) is 5.75 Å². The highest BCUT2D eigenvalue weighted by atomic mass is 79.9. The van der Waals surface area contributed by atoms with E-state index in [0.29, 0.717) is 49.7 Å². The van der Waals surface area contributed by atoms with Crippen LogP contribution in [0.5, 0.6) is 5.75 Å². The summed E-state index contributed by atoms with van der Waals surface area (Å²) in [5.74, 6) is 0.970. The second kappa shape index (κ2) is 10.7. The summed E-state index contributed by atoms with van der Waals surface area (Å²) < 4.78 is 6.34. The highest BCUT2D eigenvalue weighted by molar-refractivity contribution is 9.10. The minimum atomic E-state index is -0.201. The highest BCUT2D eigenvalue weighted by Crippen LogP contribution is 2.18. The number of hydrogen-bond donors (Lipinski definition) is 1. The third-order valence-corrected chi connectivity index (χ3v) is 4.36. The summed E-state index contributed by atoms with van der Waals surface area (Å²) in [5.41, 5.74) is 0.500. The summed E-state index contributed by atoms with van der Waals surface area (Å²) in [7, 11) is 0. The number of nitrogens with one attached hydrogen (secondary N) is 1. The number of carbonyl (C=O) groups is 2. The van der Waals surface area contributed by atoms with E-state index in [1.165, 1.54) is 0 Å². The first-order valence-corrected chi connectivity index (χ1v) is 9.78. The fraction of sp³-hybridized carbons (Fsp3) is 0.350. The number of halogens is 1. The molecule has 0 fully saturated rings. The smallest absolute Gasteiger partial charge is 0.255 e. The topological polar surface area (TPSA) is 71.5 Å². The van der Waals surface area contributed by atoms with E-state index >= 15 is 0 Å². The number of carbonyl (C=O) groups excluding carboxylic acids is 2. The first-order valence-electron chi connectivity index (χ1n) is 8.98. The molecule has 0 aliphatic carbocycles. The van der Waals surface area contributed by atoms with E-state index in [1.807, 2.05) is 26.0 Å². The number of nitrogens with zero attached hydrogens (tertiary/aromatic N) is 2. The molecule has 1 N–H and O–H groups in total. The van der Waals surface area contributed by atoms with Crippen molar-refractivity contribution in [1.82, 2.24) is 10.3 Å². The van der Waals surface area contributed by atoms with E-state index < -0.39 is 0 Å². The fourth-order valence-corrected chi connectivity index (χ4v) is 2.84. The lowest BCUT2D eigenvalue weighted by Crippen LogP contribution is -2.32. The Morgan fingerprint density at radius 3 is 2.63 bits per heavy atom. The molecule has 2 aromatic rings. The molecule has 1 aromatic heterocycles. The number of ether oxygens (including phenoxy) is 1. The van der Waals surface area contributed by atoms with Gasteiger partial charge in [0.1, 0.15) is 11.6 Å². The molecule has 0 aliphatic heterocycles. The molecule has 2 amide bonds. The Balaban J connectivity index is 1.84. The molecule has 0 atom stereocenters. The van der Waals surface area contributed by atoms with Crippen LogP contribution in [0.1, 0.15) is 37.0 Å². The van der Waals surface area contributed by atoms with Gasteiger partial charge in [0.05, 0.1) is 12.2 Å². The Morgan fingerprint density at radius 2 is 1.96 bits per heavy atom. The first-order chi connectivity index (χ1) is 13.1. The van der Waals surface area contributed by atoms with Crippen LogP contribution in [-0.4, -0.2) is 36.5 Å². The monoisotopic (exact) mass is 433 g/mol. The van der Waals surface area contributed by atoms with Crippen LogP contribution in [0.4, 0.5) is 5.82 Å². The summed E-state index contributed by atoms with van der Waals surface area (Å²) in [6, 6.07) is 10.8. The van der Waals surface area contributed by atoms with Gasteiger partial charge in [-0.3, -0.25) is 14.5 Å². The van der Waals surface area contributed by atoms with Crippen molar-refractivity contribution in [3.05, 3.63) is 52.6 Å². The number of para-hydroxylation sites is 1. The molecule has 0 spiro atoms. The molecule has 27 heavy (non-hydrogen) atoms. The molecule has 144 valence electrons. The van der Waals surface area contributed by atoms with Gasteiger partial charge in [0.15, 0.2) is 0 Å². The summed E-state index contributed by atoms with van der Waals surface area (Å²) in [5, 5.41) is 2.85. The largest absolute Gasteiger partial charge is 0.493 e. The standard InChI is InChI=1S/C20H24BrN3O3/c1-3-24(18-12-11-15(21)14-23-18)19(25)10-7-13-22-20(26)16-8-5-6-9-17(16)27-4-2/h5-6,8-9,11-12,14H,3-4,7,10,13H2,1-2H3,(H,22,26). The zero-order valence-corrected chi connectivity index (χ0v) is 17.2. The Labute approximate surface area is 168 Å². The molecule has 0 saturated heterocycles. The van der Waals surface area contributed by atoms with Gasteiger partial charge in [-0.05, 0) is 60.5 Å². The van der Waals surface area contributed by atoms with Crippen LogP contribution in [-0.2, 0) is 4.79 Å². The SMILES string of the molecule is CCOc1ccccc1C(=O)NCCCC(=O)N(CC)c1ccc(Br)cn1. The van der Waals surface area contributed by atoms with Crippen molar-refractivity contribution < 1.29 is 14.3 Å². The molecular weight excluding hydrogens is 410 g/mol. The van der Waals surface area contributed by atoms with Gasteiger partial charge in [-0.2, -0.15) is 0 Å².